The summed E-state index contributed by atoms with van der Waals surface area (Å²) in [6.07, 6.45) is 0. The van der Waals surface area contributed by atoms with Crippen LogP contribution in [0.3, 0.4) is 0 Å². The summed E-state index contributed by atoms with van der Waals surface area (Å²) in [4.78, 5) is 15.4. The Morgan fingerprint density at radius 2 is 2.05 bits per heavy atom. The summed E-state index contributed by atoms with van der Waals surface area (Å²) in [5.74, 6) is -0.899. The van der Waals surface area contributed by atoms with Crippen LogP contribution in [0.4, 0.5) is 5.69 Å². The van der Waals surface area contributed by atoms with Crippen LogP contribution in [0.2, 0.25) is 5.02 Å². The lowest BCUT2D eigenvalue weighted by atomic mass is 9.97. The van der Waals surface area contributed by atoms with Crippen molar-refractivity contribution in [1.29, 1.82) is 0 Å². The minimum atomic E-state index is -0.868. The maximum absolute atomic E-state index is 10.8. The number of thioether (sulfide) groups is 1. The first-order chi connectivity index (χ1) is 10.6. The summed E-state index contributed by atoms with van der Waals surface area (Å²) >= 11 is 7.29. The number of rotatable bonds is 3. The van der Waals surface area contributed by atoms with Crippen LogP contribution in [-0.2, 0) is 4.79 Å². The third kappa shape index (κ3) is 3.26. The molecule has 1 atom stereocenters. The number of nitrogens with zero attached hydrogens (tertiary/aromatic N) is 1. The summed E-state index contributed by atoms with van der Waals surface area (Å²) < 4.78 is 0. The fourth-order valence-corrected chi connectivity index (χ4v) is 3.10. The lowest BCUT2D eigenvalue weighted by Crippen LogP contribution is -2.20. The van der Waals surface area contributed by atoms with E-state index in [9.17, 15) is 4.79 Å². The Labute approximate surface area is 137 Å². The highest BCUT2D eigenvalue weighted by atomic mass is 35.5. The summed E-state index contributed by atoms with van der Waals surface area (Å²) in [5.41, 5.74) is 2.93. The molecule has 1 unspecified atom stereocenters. The first kappa shape index (κ1) is 14.9. The Hall–Kier alpha value is -1.98. The van der Waals surface area contributed by atoms with Crippen molar-refractivity contribution in [2.45, 2.75) is 6.04 Å². The van der Waals surface area contributed by atoms with Gasteiger partial charge in [-0.2, -0.15) is 0 Å². The van der Waals surface area contributed by atoms with E-state index in [4.69, 9.17) is 16.7 Å². The topological polar surface area (TPSA) is 61.7 Å². The number of anilines is 1. The number of nitrogens with one attached hydrogen (secondary N) is 1. The van der Waals surface area contributed by atoms with Crippen LogP contribution in [0.1, 0.15) is 17.2 Å². The lowest BCUT2D eigenvalue weighted by molar-refractivity contribution is -0.133. The standard InChI is InChI=1S/C16H13ClN2O2S/c17-11-6-7-13-12(8-11)15(10-4-2-1-3-5-10)19-16(18-13)22-9-14(20)21/h1-8,15H,9H2,(H,18,19)(H,20,21). The minimum Gasteiger partial charge on any atom is -0.481 e. The van der Waals surface area contributed by atoms with Crippen molar-refractivity contribution in [1.82, 2.24) is 0 Å². The zero-order valence-electron chi connectivity index (χ0n) is 11.5. The Kier molecular flexibility index (Phi) is 4.36. The van der Waals surface area contributed by atoms with Gasteiger partial charge in [0.2, 0.25) is 0 Å². The maximum atomic E-state index is 10.8. The van der Waals surface area contributed by atoms with Gasteiger partial charge in [-0.1, -0.05) is 53.7 Å². The zero-order chi connectivity index (χ0) is 15.5. The molecule has 2 aromatic carbocycles. The molecule has 1 aliphatic heterocycles. The summed E-state index contributed by atoms with van der Waals surface area (Å²) in [5, 5.41) is 13.3. The quantitative estimate of drug-likeness (QED) is 0.890. The van der Waals surface area contributed by atoms with Gasteiger partial charge in [-0.3, -0.25) is 4.79 Å². The molecule has 0 aliphatic carbocycles. The number of hydrogen-bond donors (Lipinski definition) is 2. The summed E-state index contributed by atoms with van der Waals surface area (Å²) in [6.45, 7) is 0. The van der Waals surface area contributed by atoms with E-state index in [1.807, 2.05) is 42.5 Å². The van der Waals surface area contributed by atoms with Crippen molar-refractivity contribution in [3.63, 3.8) is 0 Å². The number of halogens is 1. The molecule has 112 valence electrons. The van der Waals surface area contributed by atoms with E-state index in [1.54, 1.807) is 6.07 Å². The molecular weight excluding hydrogens is 320 g/mol. The summed E-state index contributed by atoms with van der Waals surface area (Å²) in [7, 11) is 0. The highest BCUT2D eigenvalue weighted by Crippen LogP contribution is 2.37. The van der Waals surface area contributed by atoms with Gasteiger partial charge in [0.05, 0.1) is 5.75 Å². The first-order valence-electron chi connectivity index (χ1n) is 6.67. The zero-order valence-corrected chi connectivity index (χ0v) is 13.1. The predicted molar refractivity (Wildman–Crippen MR) is 90.9 cm³/mol. The Balaban J connectivity index is 2.00. The number of hydrogen-bond acceptors (Lipinski definition) is 4. The number of aliphatic imine (C=N–C) groups is 1. The lowest BCUT2D eigenvalue weighted by Gasteiger charge is -2.25. The molecule has 0 amide bonds. The van der Waals surface area contributed by atoms with Gasteiger partial charge in [0.1, 0.15) is 6.04 Å². The first-order valence-corrected chi connectivity index (χ1v) is 8.03. The SMILES string of the molecule is O=C(O)CSC1=NC(c2ccccc2)c2cc(Cl)ccc2N1. The van der Waals surface area contributed by atoms with Gasteiger partial charge in [0.25, 0.3) is 0 Å². The van der Waals surface area contributed by atoms with Crippen LogP contribution in [0.25, 0.3) is 0 Å². The van der Waals surface area contributed by atoms with Crippen molar-refractivity contribution in [3.8, 4) is 0 Å². The van der Waals surface area contributed by atoms with Crippen molar-refractivity contribution in [2.75, 3.05) is 11.1 Å². The molecular formula is C16H13ClN2O2S. The molecule has 2 aromatic rings. The number of benzene rings is 2. The third-order valence-electron chi connectivity index (χ3n) is 3.24. The van der Waals surface area contributed by atoms with Gasteiger partial charge in [-0.05, 0) is 23.8 Å². The molecule has 3 rings (SSSR count). The highest BCUT2D eigenvalue weighted by molar-refractivity contribution is 8.14. The second-order valence-electron chi connectivity index (χ2n) is 4.79. The molecule has 1 heterocycles. The van der Waals surface area contributed by atoms with E-state index in [2.05, 4.69) is 10.3 Å². The van der Waals surface area contributed by atoms with Gasteiger partial charge in [-0.15, -0.1) is 0 Å². The molecule has 22 heavy (non-hydrogen) atoms. The van der Waals surface area contributed by atoms with Crippen LogP contribution < -0.4 is 5.32 Å². The monoisotopic (exact) mass is 332 g/mol. The number of carbonyl (C=O) groups is 1. The van der Waals surface area contributed by atoms with E-state index >= 15 is 0 Å². The van der Waals surface area contributed by atoms with E-state index < -0.39 is 5.97 Å². The fourth-order valence-electron chi connectivity index (χ4n) is 2.30. The minimum absolute atomic E-state index is 0.0315. The van der Waals surface area contributed by atoms with Gasteiger partial charge >= 0.3 is 5.97 Å². The van der Waals surface area contributed by atoms with Crippen LogP contribution >= 0.6 is 23.4 Å². The molecule has 0 aromatic heterocycles. The van der Waals surface area contributed by atoms with Crippen LogP contribution in [0, 0.1) is 0 Å². The smallest absolute Gasteiger partial charge is 0.313 e. The van der Waals surface area contributed by atoms with Crippen LogP contribution in [-0.4, -0.2) is 22.0 Å². The second kappa shape index (κ2) is 6.42. The average Bonchev–Trinajstić information content (AvgIpc) is 2.53. The molecule has 2 N–H and O–H groups in total. The molecule has 0 radical (unpaired) electrons. The number of carboxylic acids is 1. The van der Waals surface area contributed by atoms with Gasteiger partial charge < -0.3 is 10.4 Å². The average molecular weight is 333 g/mol. The molecule has 6 heteroatoms. The Morgan fingerprint density at radius 1 is 1.27 bits per heavy atom. The number of carboxylic acid groups (broad SMARTS) is 1. The Morgan fingerprint density at radius 3 is 2.77 bits per heavy atom. The predicted octanol–water partition coefficient (Wildman–Crippen LogP) is 4.03. The van der Waals surface area contributed by atoms with Gasteiger partial charge in [0, 0.05) is 16.3 Å². The summed E-state index contributed by atoms with van der Waals surface area (Å²) in [6, 6.07) is 15.3. The van der Waals surface area contributed by atoms with E-state index in [1.165, 1.54) is 11.8 Å². The van der Waals surface area contributed by atoms with E-state index in [0.717, 1.165) is 16.8 Å². The fraction of sp³-hybridized carbons (Fsp3) is 0.125. The van der Waals surface area contributed by atoms with Gasteiger partial charge in [-0.25, -0.2) is 4.99 Å². The van der Waals surface area contributed by atoms with Crippen molar-refractivity contribution in [3.05, 3.63) is 64.7 Å². The molecule has 1 aliphatic rings. The van der Waals surface area contributed by atoms with Gasteiger partial charge in [0.15, 0.2) is 5.17 Å². The van der Waals surface area contributed by atoms with E-state index in [-0.39, 0.29) is 11.8 Å². The van der Waals surface area contributed by atoms with Crippen molar-refractivity contribution in [2.24, 2.45) is 4.99 Å². The second-order valence-corrected chi connectivity index (χ2v) is 6.19. The highest BCUT2D eigenvalue weighted by Gasteiger charge is 2.23. The number of fused-ring (bicyclic) bond motifs is 1. The maximum Gasteiger partial charge on any atom is 0.313 e. The van der Waals surface area contributed by atoms with Crippen molar-refractivity contribution < 1.29 is 9.90 Å². The normalized spacial score (nSPS) is 16.4. The Bertz CT molecular complexity index is 734. The van der Waals surface area contributed by atoms with Crippen LogP contribution in [0.15, 0.2) is 53.5 Å². The largest absolute Gasteiger partial charge is 0.481 e. The van der Waals surface area contributed by atoms with E-state index in [0.29, 0.717) is 10.2 Å². The molecule has 0 bridgehead atoms. The molecule has 0 spiro atoms. The molecule has 0 saturated carbocycles. The number of aliphatic carboxylic acids is 1. The molecule has 4 nitrogen and oxygen atoms in total. The molecule has 0 fully saturated rings. The molecule has 0 saturated heterocycles. The number of amidine groups is 1. The third-order valence-corrected chi connectivity index (χ3v) is 4.35. The van der Waals surface area contributed by atoms with Crippen molar-refractivity contribution >= 4 is 40.2 Å². The van der Waals surface area contributed by atoms with Crippen LogP contribution in [0.5, 0.6) is 0 Å².